The number of benzene rings is 3. The Labute approximate surface area is 200 Å². The van der Waals surface area contributed by atoms with Crippen LogP contribution in [0.3, 0.4) is 0 Å². The van der Waals surface area contributed by atoms with Gasteiger partial charge in [0.25, 0.3) is 5.91 Å². The molecule has 3 aromatic rings. The van der Waals surface area contributed by atoms with Gasteiger partial charge in [0.15, 0.2) is 0 Å². The minimum absolute atomic E-state index is 0.0826. The standard InChI is InChI=1S/C28H29N3O3/c1-20(2)31(23-14-8-5-9-15-23)26(32)19-30-25-17-11-10-16-24(25)29(18-21(3)27(30)33)28(34)22-12-6-4-7-13-22/h4-17,20-21H,18-19H2,1-3H3. The molecule has 1 unspecified atom stereocenters. The zero-order valence-electron chi connectivity index (χ0n) is 19.7. The number of carbonyl (C=O) groups is 3. The van der Waals surface area contributed by atoms with Crippen molar-refractivity contribution < 1.29 is 14.4 Å². The predicted octanol–water partition coefficient (Wildman–Crippen LogP) is 4.76. The van der Waals surface area contributed by atoms with Crippen molar-refractivity contribution >= 4 is 34.8 Å². The van der Waals surface area contributed by atoms with Crippen molar-refractivity contribution in [3.05, 3.63) is 90.5 Å². The third-order valence-electron chi connectivity index (χ3n) is 5.99. The third kappa shape index (κ3) is 4.57. The average Bonchev–Trinajstić information content (AvgIpc) is 2.95. The Morgan fingerprint density at radius 2 is 1.44 bits per heavy atom. The molecule has 3 amide bonds. The van der Waals surface area contributed by atoms with E-state index in [4.69, 9.17) is 0 Å². The van der Waals surface area contributed by atoms with Crippen LogP contribution in [0.1, 0.15) is 31.1 Å². The van der Waals surface area contributed by atoms with Crippen LogP contribution in [-0.4, -0.2) is 36.9 Å². The molecule has 6 nitrogen and oxygen atoms in total. The molecule has 0 bridgehead atoms. The normalized spacial score (nSPS) is 15.6. The maximum Gasteiger partial charge on any atom is 0.258 e. The van der Waals surface area contributed by atoms with Gasteiger partial charge in [0.05, 0.1) is 17.3 Å². The van der Waals surface area contributed by atoms with Gasteiger partial charge in [-0.15, -0.1) is 0 Å². The van der Waals surface area contributed by atoms with E-state index in [9.17, 15) is 14.4 Å². The highest BCUT2D eigenvalue weighted by molar-refractivity contribution is 6.13. The van der Waals surface area contributed by atoms with E-state index in [2.05, 4.69) is 0 Å². The molecule has 4 rings (SSSR count). The highest BCUT2D eigenvalue weighted by atomic mass is 16.2. The van der Waals surface area contributed by atoms with Crippen LogP contribution in [0.15, 0.2) is 84.9 Å². The van der Waals surface area contributed by atoms with Gasteiger partial charge < -0.3 is 14.7 Å². The zero-order valence-corrected chi connectivity index (χ0v) is 19.7. The van der Waals surface area contributed by atoms with Gasteiger partial charge in [-0.05, 0) is 50.2 Å². The molecule has 0 radical (unpaired) electrons. The molecule has 1 atom stereocenters. The zero-order chi connectivity index (χ0) is 24.2. The van der Waals surface area contributed by atoms with E-state index in [1.54, 1.807) is 34.9 Å². The van der Waals surface area contributed by atoms with Crippen LogP contribution < -0.4 is 14.7 Å². The van der Waals surface area contributed by atoms with Crippen molar-refractivity contribution in [2.24, 2.45) is 5.92 Å². The van der Waals surface area contributed by atoms with E-state index in [1.165, 1.54) is 4.90 Å². The van der Waals surface area contributed by atoms with Crippen LogP contribution in [0.5, 0.6) is 0 Å². The summed E-state index contributed by atoms with van der Waals surface area (Å²) in [5.74, 6) is -1.01. The topological polar surface area (TPSA) is 60.9 Å². The largest absolute Gasteiger partial charge is 0.308 e. The number of anilines is 3. The van der Waals surface area contributed by atoms with Crippen molar-refractivity contribution in [1.29, 1.82) is 0 Å². The maximum absolute atomic E-state index is 13.5. The predicted molar refractivity (Wildman–Crippen MR) is 135 cm³/mol. The van der Waals surface area contributed by atoms with Gasteiger partial charge in [-0.25, -0.2) is 0 Å². The molecule has 0 aromatic heterocycles. The fourth-order valence-electron chi connectivity index (χ4n) is 4.38. The summed E-state index contributed by atoms with van der Waals surface area (Å²) in [6.45, 7) is 5.83. The van der Waals surface area contributed by atoms with E-state index in [-0.39, 0.29) is 36.9 Å². The number of rotatable bonds is 5. The molecule has 1 heterocycles. The van der Waals surface area contributed by atoms with Crippen LogP contribution >= 0.6 is 0 Å². The molecule has 0 fully saturated rings. The highest BCUT2D eigenvalue weighted by Gasteiger charge is 2.36. The summed E-state index contributed by atoms with van der Waals surface area (Å²) < 4.78 is 0. The summed E-state index contributed by atoms with van der Waals surface area (Å²) >= 11 is 0. The smallest absolute Gasteiger partial charge is 0.258 e. The number of fused-ring (bicyclic) bond motifs is 1. The Hall–Kier alpha value is -3.93. The number of nitrogens with zero attached hydrogens (tertiary/aromatic N) is 3. The minimum atomic E-state index is -0.475. The summed E-state index contributed by atoms with van der Waals surface area (Å²) in [6.07, 6.45) is 0. The van der Waals surface area contributed by atoms with Gasteiger partial charge in [0, 0.05) is 23.8 Å². The molecule has 1 aliphatic heterocycles. The number of hydrogen-bond acceptors (Lipinski definition) is 3. The first-order valence-electron chi connectivity index (χ1n) is 11.5. The van der Waals surface area contributed by atoms with Crippen molar-refractivity contribution in [3.63, 3.8) is 0 Å². The molecule has 0 saturated carbocycles. The van der Waals surface area contributed by atoms with Crippen LogP contribution in [0, 0.1) is 5.92 Å². The molecule has 174 valence electrons. The summed E-state index contributed by atoms with van der Waals surface area (Å²) in [4.78, 5) is 45.3. The molecular weight excluding hydrogens is 426 g/mol. The lowest BCUT2D eigenvalue weighted by molar-refractivity contribution is -0.124. The Bertz CT molecular complexity index is 1180. The molecule has 34 heavy (non-hydrogen) atoms. The first-order valence-corrected chi connectivity index (χ1v) is 11.5. The molecule has 6 heteroatoms. The summed E-state index contributed by atoms with van der Waals surface area (Å²) in [5, 5.41) is 0. The summed E-state index contributed by atoms with van der Waals surface area (Å²) in [7, 11) is 0. The lowest BCUT2D eigenvalue weighted by Gasteiger charge is -2.31. The SMILES string of the molecule is CC1CN(C(=O)c2ccccc2)c2ccccc2N(CC(=O)N(c2ccccc2)C(C)C)C1=O. The van der Waals surface area contributed by atoms with E-state index < -0.39 is 5.92 Å². The number of hydrogen-bond donors (Lipinski definition) is 0. The number of para-hydroxylation sites is 3. The van der Waals surface area contributed by atoms with Crippen LogP contribution in [0.2, 0.25) is 0 Å². The first-order chi connectivity index (χ1) is 16.4. The fraction of sp³-hybridized carbons (Fsp3) is 0.250. The van der Waals surface area contributed by atoms with Gasteiger partial charge in [-0.3, -0.25) is 14.4 Å². The number of carbonyl (C=O) groups excluding carboxylic acids is 3. The lowest BCUT2D eigenvalue weighted by atomic mass is 10.1. The second kappa shape index (κ2) is 9.91. The molecule has 0 spiro atoms. The molecule has 3 aromatic carbocycles. The minimum Gasteiger partial charge on any atom is -0.308 e. The molecule has 0 aliphatic carbocycles. The van der Waals surface area contributed by atoms with Crippen molar-refractivity contribution in [2.75, 3.05) is 27.8 Å². The van der Waals surface area contributed by atoms with Gasteiger partial charge >= 0.3 is 0 Å². The van der Waals surface area contributed by atoms with Crippen LogP contribution in [0.4, 0.5) is 17.1 Å². The van der Waals surface area contributed by atoms with Gasteiger partial charge in [0.2, 0.25) is 11.8 Å². The molecule has 0 N–H and O–H groups in total. The second-order valence-corrected chi connectivity index (χ2v) is 8.79. The summed E-state index contributed by atoms with van der Waals surface area (Å²) in [5.41, 5.74) is 2.52. The Morgan fingerprint density at radius 1 is 0.882 bits per heavy atom. The van der Waals surface area contributed by atoms with Crippen molar-refractivity contribution in [1.82, 2.24) is 0 Å². The van der Waals surface area contributed by atoms with Crippen LogP contribution in [-0.2, 0) is 9.59 Å². The Kier molecular flexibility index (Phi) is 6.77. The first kappa shape index (κ1) is 23.2. The van der Waals surface area contributed by atoms with Gasteiger partial charge in [-0.2, -0.15) is 0 Å². The summed E-state index contributed by atoms with van der Waals surface area (Å²) in [6, 6.07) is 25.7. The quantitative estimate of drug-likeness (QED) is 0.557. The van der Waals surface area contributed by atoms with E-state index in [0.717, 1.165) is 5.69 Å². The molecular formula is C28H29N3O3. The average molecular weight is 456 g/mol. The third-order valence-corrected chi connectivity index (χ3v) is 5.99. The van der Waals surface area contributed by atoms with Gasteiger partial charge in [-0.1, -0.05) is 55.5 Å². The Balaban J connectivity index is 1.71. The molecule has 0 saturated heterocycles. The van der Waals surface area contributed by atoms with Gasteiger partial charge in [0.1, 0.15) is 6.54 Å². The van der Waals surface area contributed by atoms with E-state index >= 15 is 0 Å². The van der Waals surface area contributed by atoms with E-state index in [0.29, 0.717) is 16.9 Å². The van der Waals surface area contributed by atoms with E-state index in [1.807, 2.05) is 80.6 Å². The second-order valence-electron chi connectivity index (χ2n) is 8.79. The van der Waals surface area contributed by atoms with Crippen molar-refractivity contribution in [3.8, 4) is 0 Å². The number of amides is 3. The highest BCUT2D eigenvalue weighted by Crippen LogP contribution is 2.35. The monoisotopic (exact) mass is 455 g/mol. The van der Waals surface area contributed by atoms with Crippen LogP contribution in [0.25, 0.3) is 0 Å². The fourth-order valence-corrected chi connectivity index (χ4v) is 4.38. The Morgan fingerprint density at radius 3 is 2.06 bits per heavy atom. The molecule has 1 aliphatic rings. The van der Waals surface area contributed by atoms with Crippen molar-refractivity contribution in [2.45, 2.75) is 26.8 Å². The lowest BCUT2D eigenvalue weighted by Crippen LogP contribution is -2.47. The maximum atomic E-state index is 13.5.